The minimum atomic E-state index is -0.933. The molecule has 0 spiro atoms. The van der Waals surface area contributed by atoms with Gasteiger partial charge < -0.3 is 33.2 Å². The Balaban J connectivity index is 1.83. The molecule has 2 aromatic rings. The molecule has 11 nitrogen and oxygen atoms in total. The zero-order chi connectivity index (χ0) is 30.6. The van der Waals surface area contributed by atoms with Crippen LogP contribution in [0.5, 0.6) is 0 Å². The normalized spacial score (nSPS) is 15.5. The lowest BCUT2D eigenvalue weighted by atomic mass is 9.82. The smallest absolute Gasteiger partial charge is 0.243 e. The Hall–Kier alpha value is -4.12. The van der Waals surface area contributed by atoms with Crippen LogP contribution in [0.25, 0.3) is 0 Å². The van der Waals surface area contributed by atoms with Crippen LogP contribution >= 0.6 is 11.6 Å². The van der Waals surface area contributed by atoms with Crippen LogP contribution in [0.3, 0.4) is 0 Å². The number of amidine groups is 1. The summed E-state index contributed by atoms with van der Waals surface area (Å²) in [6.07, 6.45) is 5.54. The van der Waals surface area contributed by atoms with Gasteiger partial charge in [-0.05, 0) is 61.3 Å². The Morgan fingerprint density at radius 1 is 0.929 bits per heavy atom. The highest BCUT2D eigenvalue weighted by Gasteiger charge is 2.35. The van der Waals surface area contributed by atoms with Crippen LogP contribution in [-0.4, -0.2) is 48.1 Å². The van der Waals surface area contributed by atoms with Crippen LogP contribution in [0, 0.1) is 16.7 Å². The number of nitrogen functional groups attached to an aromatic ring is 1. The lowest BCUT2D eigenvalue weighted by Gasteiger charge is -2.32. The fourth-order valence-electron chi connectivity index (χ4n) is 5.34. The quantitative estimate of drug-likeness (QED) is 0.0929. The number of rotatable bonds is 14. The number of amides is 3. The van der Waals surface area contributed by atoms with E-state index in [9.17, 15) is 14.4 Å². The van der Waals surface area contributed by atoms with E-state index in [0.29, 0.717) is 35.5 Å². The summed E-state index contributed by atoms with van der Waals surface area (Å²) in [5.74, 6) is -2.43. The number of nitrogens with two attached hydrogens (primary N) is 3. The topological polar surface area (TPSA) is 213 Å². The molecule has 1 aliphatic carbocycles. The molecule has 1 aliphatic rings. The minimum Gasteiger partial charge on any atom is -0.384 e. The Labute approximate surface area is 251 Å². The molecule has 1 unspecified atom stereocenters. The van der Waals surface area contributed by atoms with Crippen molar-refractivity contribution in [2.24, 2.45) is 23.1 Å². The molecule has 0 aromatic heterocycles. The molecule has 3 atom stereocenters. The van der Waals surface area contributed by atoms with Crippen molar-refractivity contribution in [2.45, 2.75) is 69.4 Å². The number of hydrogen-bond acceptors (Lipinski definition) is 5. The molecule has 42 heavy (non-hydrogen) atoms. The van der Waals surface area contributed by atoms with Crippen molar-refractivity contribution in [3.8, 4) is 0 Å². The number of benzene rings is 2. The van der Waals surface area contributed by atoms with Crippen molar-refractivity contribution in [3.63, 3.8) is 0 Å². The summed E-state index contributed by atoms with van der Waals surface area (Å²) in [5, 5.41) is 23.9. The second-order valence-corrected chi connectivity index (χ2v) is 11.2. The maximum absolute atomic E-state index is 14.0. The molecule has 0 saturated heterocycles. The average Bonchev–Trinajstić information content (AvgIpc) is 2.96. The van der Waals surface area contributed by atoms with Crippen molar-refractivity contribution in [3.05, 3.63) is 70.2 Å². The van der Waals surface area contributed by atoms with E-state index in [1.165, 1.54) is 0 Å². The Bertz CT molecular complexity index is 1260. The second-order valence-electron chi connectivity index (χ2n) is 10.8. The second kappa shape index (κ2) is 15.8. The molecular weight excluding hydrogens is 556 g/mol. The molecule has 1 saturated carbocycles. The minimum absolute atomic E-state index is 0.0450. The van der Waals surface area contributed by atoms with E-state index in [2.05, 4.69) is 16.0 Å². The van der Waals surface area contributed by atoms with Crippen molar-refractivity contribution in [1.29, 1.82) is 10.8 Å². The summed E-state index contributed by atoms with van der Waals surface area (Å²) in [7, 11) is 0. The molecule has 3 rings (SSSR count). The summed E-state index contributed by atoms with van der Waals surface area (Å²) < 4.78 is 0. The van der Waals surface area contributed by atoms with Gasteiger partial charge in [-0.1, -0.05) is 67.3 Å². The number of carbonyl (C=O) groups excluding carboxylic acids is 3. The maximum Gasteiger partial charge on any atom is 0.243 e. The molecule has 0 bridgehead atoms. The molecule has 226 valence electrons. The standard InChI is InChI=1S/C30H41ClN8O3/c31-22-9-4-8-21(17-22)23(16-18-11-13-20(14-12-18)26(32)33)28(41)39-25(19-6-2-1-3-7-19)29(42)38-24(27(34)40)10-5-15-37-30(35)36/h4,8-9,11-14,17,19,23-25H,1-3,5-7,10,15-16H2,(H3,32,33)(H2,34,40)(H,38,42)(H,39,41)(H4,35,36,37)/t23-,24?,25-/m0/s1. The first-order chi connectivity index (χ1) is 20.0. The van der Waals surface area contributed by atoms with Crippen LogP contribution in [-0.2, 0) is 20.8 Å². The largest absolute Gasteiger partial charge is 0.384 e. The van der Waals surface area contributed by atoms with Gasteiger partial charge in [0.25, 0.3) is 0 Å². The lowest BCUT2D eigenvalue weighted by Crippen LogP contribution is -2.56. The SMILES string of the molecule is N=C(N)NCCCC(NC(=O)[C@@H](NC(=O)[C@@H](Cc1ccc(C(=N)N)cc1)c1cccc(Cl)c1)C1CCCCC1)C(N)=O. The monoisotopic (exact) mass is 596 g/mol. The first-order valence-corrected chi connectivity index (χ1v) is 14.6. The van der Waals surface area contributed by atoms with E-state index >= 15 is 0 Å². The van der Waals surface area contributed by atoms with Gasteiger partial charge in [-0.25, -0.2) is 0 Å². The highest BCUT2D eigenvalue weighted by molar-refractivity contribution is 6.30. The fourth-order valence-corrected chi connectivity index (χ4v) is 5.54. The van der Waals surface area contributed by atoms with Gasteiger partial charge >= 0.3 is 0 Å². The van der Waals surface area contributed by atoms with Crippen molar-refractivity contribution in [1.82, 2.24) is 16.0 Å². The Kier molecular flexibility index (Phi) is 12.2. The maximum atomic E-state index is 14.0. The molecule has 0 heterocycles. The van der Waals surface area contributed by atoms with Crippen molar-refractivity contribution < 1.29 is 14.4 Å². The highest BCUT2D eigenvalue weighted by atomic mass is 35.5. The Morgan fingerprint density at radius 3 is 2.21 bits per heavy atom. The molecule has 12 heteroatoms. The van der Waals surface area contributed by atoms with E-state index in [1.54, 1.807) is 30.3 Å². The van der Waals surface area contributed by atoms with Gasteiger partial charge in [-0.3, -0.25) is 25.2 Å². The van der Waals surface area contributed by atoms with Crippen molar-refractivity contribution >= 4 is 41.1 Å². The number of halogens is 1. The predicted molar refractivity (Wildman–Crippen MR) is 164 cm³/mol. The van der Waals surface area contributed by atoms with E-state index in [4.69, 9.17) is 39.6 Å². The number of carbonyl (C=O) groups is 3. The molecule has 3 amide bonds. The van der Waals surface area contributed by atoms with Crippen LogP contribution in [0.15, 0.2) is 48.5 Å². The Morgan fingerprint density at radius 2 is 1.62 bits per heavy atom. The molecule has 2 aromatic carbocycles. The van der Waals surface area contributed by atoms with Crippen molar-refractivity contribution in [2.75, 3.05) is 6.54 Å². The average molecular weight is 597 g/mol. The molecule has 0 aliphatic heterocycles. The molecular formula is C30H41ClN8O3. The first kappa shape index (κ1) is 32.4. The van der Waals surface area contributed by atoms with E-state index in [1.807, 2.05) is 18.2 Å². The summed E-state index contributed by atoms with van der Waals surface area (Å²) in [5.41, 5.74) is 18.6. The van der Waals surface area contributed by atoms with E-state index in [-0.39, 0.29) is 30.0 Å². The lowest BCUT2D eigenvalue weighted by molar-refractivity contribution is -0.133. The summed E-state index contributed by atoms with van der Waals surface area (Å²) in [4.78, 5) is 39.8. The van der Waals surface area contributed by atoms with Gasteiger partial charge in [0.05, 0.1) is 5.92 Å². The zero-order valence-electron chi connectivity index (χ0n) is 23.6. The van der Waals surface area contributed by atoms with Gasteiger partial charge in [0.15, 0.2) is 5.96 Å². The highest BCUT2D eigenvalue weighted by Crippen LogP contribution is 2.29. The summed E-state index contributed by atoms with van der Waals surface area (Å²) in [6, 6.07) is 12.4. The molecule has 0 radical (unpaired) electrons. The fraction of sp³-hybridized carbons (Fsp3) is 0.433. The van der Waals surface area contributed by atoms with Gasteiger partial charge in [0.1, 0.15) is 17.9 Å². The van der Waals surface area contributed by atoms with Crippen LogP contribution in [0.2, 0.25) is 5.02 Å². The van der Waals surface area contributed by atoms with Crippen LogP contribution in [0.1, 0.15) is 67.6 Å². The zero-order valence-corrected chi connectivity index (χ0v) is 24.4. The molecule has 1 fully saturated rings. The number of nitrogens with one attached hydrogen (secondary N) is 5. The van der Waals surface area contributed by atoms with Gasteiger partial charge in [-0.15, -0.1) is 0 Å². The van der Waals surface area contributed by atoms with Crippen LogP contribution in [0.4, 0.5) is 0 Å². The van der Waals surface area contributed by atoms with E-state index < -0.39 is 29.8 Å². The van der Waals surface area contributed by atoms with Crippen LogP contribution < -0.4 is 33.2 Å². The first-order valence-electron chi connectivity index (χ1n) is 14.2. The summed E-state index contributed by atoms with van der Waals surface area (Å²) >= 11 is 6.29. The van der Waals surface area contributed by atoms with E-state index in [0.717, 1.165) is 37.7 Å². The predicted octanol–water partition coefficient (Wildman–Crippen LogP) is 2.25. The number of primary amides is 1. The third-order valence-corrected chi connectivity index (χ3v) is 7.85. The van der Waals surface area contributed by atoms with Gasteiger partial charge in [-0.2, -0.15) is 0 Å². The number of hydrogen-bond donors (Lipinski definition) is 8. The third kappa shape index (κ3) is 9.76. The summed E-state index contributed by atoms with van der Waals surface area (Å²) in [6.45, 7) is 0.354. The number of guanidine groups is 1. The third-order valence-electron chi connectivity index (χ3n) is 7.62. The van der Waals surface area contributed by atoms with Gasteiger partial charge in [0, 0.05) is 17.1 Å². The van der Waals surface area contributed by atoms with Gasteiger partial charge in [0.2, 0.25) is 17.7 Å². The molecule has 11 N–H and O–H groups in total.